The van der Waals surface area contributed by atoms with Crippen molar-refractivity contribution in [2.24, 2.45) is 5.73 Å². The van der Waals surface area contributed by atoms with Crippen LogP contribution in [0.1, 0.15) is 15.9 Å². The number of primary amides is 1. The van der Waals surface area contributed by atoms with Crippen molar-refractivity contribution < 1.29 is 23.8 Å². The van der Waals surface area contributed by atoms with E-state index in [1.807, 2.05) is 6.07 Å². The van der Waals surface area contributed by atoms with E-state index in [1.54, 1.807) is 37.4 Å². The van der Waals surface area contributed by atoms with Crippen molar-refractivity contribution >= 4 is 27.8 Å². The maximum Gasteiger partial charge on any atom is 0.344 e. The van der Waals surface area contributed by atoms with E-state index in [0.29, 0.717) is 5.75 Å². The molecule has 0 bridgehead atoms. The largest absolute Gasteiger partial charge is 0.496 e. The zero-order valence-corrected chi connectivity index (χ0v) is 14.5. The summed E-state index contributed by atoms with van der Waals surface area (Å²) in [6.07, 6.45) is 0. The number of para-hydroxylation sites is 1. The minimum Gasteiger partial charge on any atom is -0.496 e. The number of hydrogen-bond acceptors (Lipinski definition) is 5. The maximum atomic E-state index is 11.8. The molecule has 7 heteroatoms. The number of carbonyl (C=O) groups excluding carboxylic acids is 2. The van der Waals surface area contributed by atoms with Gasteiger partial charge in [-0.25, -0.2) is 4.79 Å². The number of benzene rings is 2. The Kier molecular flexibility index (Phi) is 6.20. The van der Waals surface area contributed by atoms with Crippen molar-refractivity contribution in [1.29, 1.82) is 0 Å². The highest BCUT2D eigenvalue weighted by molar-refractivity contribution is 9.10. The average Bonchev–Trinajstić information content (AvgIpc) is 2.58. The first kappa shape index (κ1) is 17.8. The van der Waals surface area contributed by atoms with Gasteiger partial charge in [0.05, 0.1) is 12.7 Å². The Bertz CT molecular complexity index is 748. The standard InChI is InChI=1S/C17H16BrNO5/c1-22-14-7-6-12(18)8-11(14)9-24-16(20)10-23-15-5-3-2-4-13(15)17(19)21/h2-8H,9-10H2,1H3,(H2,19,21). The average molecular weight is 394 g/mol. The van der Waals surface area contributed by atoms with E-state index in [0.717, 1.165) is 10.0 Å². The Hall–Kier alpha value is -2.54. The molecule has 0 radical (unpaired) electrons. The van der Waals surface area contributed by atoms with Gasteiger partial charge in [-0.1, -0.05) is 28.1 Å². The predicted octanol–water partition coefficient (Wildman–Crippen LogP) is 2.68. The van der Waals surface area contributed by atoms with Gasteiger partial charge < -0.3 is 19.9 Å². The Labute approximate surface area is 147 Å². The van der Waals surface area contributed by atoms with Crippen LogP contribution >= 0.6 is 15.9 Å². The van der Waals surface area contributed by atoms with E-state index in [1.165, 1.54) is 6.07 Å². The van der Waals surface area contributed by atoms with Crippen molar-refractivity contribution in [2.45, 2.75) is 6.61 Å². The Morgan fingerprint density at radius 3 is 2.58 bits per heavy atom. The van der Waals surface area contributed by atoms with E-state index in [9.17, 15) is 9.59 Å². The summed E-state index contributed by atoms with van der Waals surface area (Å²) in [5, 5.41) is 0. The second kappa shape index (κ2) is 8.35. The minimum atomic E-state index is -0.627. The number of amides is 1. The monoisotopic (exact) mass is 393 g/mol. The van der Waals surface area contributed by atoms with Gasteiger partial charge in [-0.3, -0.25) is 4.79 Å². The van der Waals surface area contributed by atoms with E-state index < -0.39 is 11.9 Å². The lowest BCUT2D eigenvalue weighted by atomic mass is 10.2. The van der Waals surface area contributed by atoms with Crippen LogP contribution in [0.15, 0.2) is 46.9 Å². The third-order valence-electron chi connectivity index (χ3n) is 3.13. The molecule has 0 heterocycles. The number of methoxy groups -OCH3 is 1. The first-order valence-corrected chi connectivity index (χ1v) is 7.80. The van der Waals surface area contributed by atoms with Crippen LogP contribution in [0.3, 0.4) is 0 Å². The second-order valence-corrected chi connectivity index (χ2v) is 5.68. The van der Waals surface area contributed by atoms with Crippen molar-refractivity contribution in [1.82, 2.24) is 0 Å². The molecule has 24 heavy (non-hydrogen) atoms. The van der Waals surface area contributed by atoms with Gasteiger partial charge in [0.15, 0.2) is 6.61 Å². The third-order valence-corrected chi connectivity index (χ3v) is 3.62. The Morgan fingerprint density at radius 2 is 1.88 bits per heavy atom. The lowest BCUT2D eigenvalue weighted by Gasteiger charge is -2.11. The molecule has 2 aromatic carbocycles. The van der Waals surface area contributed by atoms with Crippen LogP contribution in [-0.4, -0.2) is 25.6 Å². The van der Waals surface area contributed by atoms with Crippen LogP contribution < -0.4 is 15.2 Å². The summed E-state index contributed by atoms with van der Waals surface area (Å²) in [5.74, 6) is -0.345. The second-order valence-electron chi connectivity index (χ2n) is 4.77. The third kappa shape index (κ3) is 4.73. The van der Waals surface area contributed by atoms with Crippen molar-refractivity contribution in [2.75, 3.05) is 13.7 Å². The topological polar surface area (TPSA) is 87.8 Å². The molecular weight excluding hydrogens is 378 g/mol. The van der Waals surface area contributed by atoms with Crippen LogP contribution in [0, 0.1) is 0 Å². The van der Waals surface area contributed by atoms with Crippen LogP contribution in [0.4, 0.5) is 0 Å². The molecule has 0 unspecified atom stereocenters. The quantitative estimate of drug-likeness (QED) is 0.730. The number of esters is 1. The summed E-state index contributed by atoms with van der Waals surface area (Å²) < 4.78 is 16.5. The molecule has 0 atom stereocenters. The van der Waals surface area contributed by atoms with Gasteiger partial charge in [0.1, 0.15) is 18.1 Å². The number of rotatable bonds is 7. The van der Waals surface area contributed by atoms with Crippen LogP contribution in [0.2, 0.25) is 0 Å². The first-order valence-electron chi connectivity index (χ1n) is 7.01. The molecule has 2 N–H and O–H groups in total. The number of ether oxygens (including phenoxy) is 3. The molecule has 0 aliphatic rings. The highest BCUT2D eigenvalue weighted by Gasteiger charge is 2.12. The molecule has 0 aromatic heterocycles. The van der Waals surface area contributed by atoms with Gasteiger partial charge in [0.25, 0.3) is 5.91 Å². The molecule has 0 spiro atoms. The highest BCUT2D eigenvalue weighted by atomic mass is 79.9. The molecular formula is C17H16BrNO5. The maximum absolute atomic E-state index is 11.8. The zero-order valence-electron chi connectivity index (χ0n) is 13.0. The van der Waals surface area contributed by atoms with Gasteiger partial charge in [0.2, 0.25) is 0 Å². The van der Waals surface area contributed by atoms with Crippen molar-refractivity contribution in [3.05, 3.63) is 58.1 Å². The molecule has 1 amide bonds. The lowest BCUT2D eigenvalue weighted by molar-refractivity contribution is -0.147. The molecule has 2 rings (SSSR count). The fourth-order valence-corrected chi connectivity index (χ4v) is 2.40. The van der Waals surface area contributed by atoms with Gasteiger partial charge in [-0.2, -0.15) is 0 Å². The summed E-state index contributed by atoms with van der Waals surface area (Å²) >= 11 is 3.35. The normalized spacial score (nSPS) is 10.1. The summed E-state index contributed by atoms with van der Waals surface area (Å²) in [7, 11) is 1.54. The molecule has 126 valence electrons. The predicted molar refractivity (Wildman–Crippen MR) is 90.9 cm³/mol. The van der Waals surface area contributed by atoms with Gasteiger partial charge in [-0.05, 0) is 30.3 Å². The molecule has 0 aliphatic heterocycles. The molecule has 0 fully saturated rings. The van der Waals surface area contributed by atoms with E-state index in [2.05, 4.69) is 15.9 Å². The summed E-state index contributed by atoms with van der Waals surface area (Å²) in [6, 6.07) is 11.8. The first-order chi connectivity index (χ1) is 11.5. The molecule has 0 aliphatic carbocycles. The molecule has 0 saturated carbocycles. The number of nitrogens with two attached hydrogens (primary N) is 1. The van der Waals surface area contributed by atoms with Crippen LogP contribution in [0.5, 0.6) is 11.5 Å². The number of hydrogen-bond donors (Lipinski definition) is 1. The van der Waals surface area contributed by atoms with Crippen molar-refractivity contribution in [3.63, 3.8) is 0 Å². The van der Waals surface area contributed by atoms with Crippen molar-refractivity contribution in [3.8, 4) is 11.5 Å². The summed E-state index contributed by atoms with van der Waals surface area (Å²) in [5.41, 5.74) is 6.18. The van der Waals surface area contributed by atoms with Gasteiger partial charge in [0, 0.05) is 10.0 Å². The number of carbonyl (C=O) groups is 2. The Morgan fingerprint density at radius 1 is 1.12 bits per heavy atom. The summed E-state index contributed by atoms with van der Waals surface area (Å²) in [6.45, 7) is -0.289. The summed E-state index contributed by atoms with van der Waals surface area (Å²) in [4.78, 5) is 23.1. The highest BCUT2D eigenvalue weighted by Crippen LogP contribution is 2.23. The van der Waals surface area contributed by atoms with Crippen LogP contribution in [-0.2, 0) is 16.1 Å². The van der Waals surface area contributed by atoms with Crippen LogP contribution in [0.25, 0.3) is 0 Å². The minimum absolute atomic E-state index is 0.0439. The molecule has 6 nitrogen and oxygen atoms in total. The molecule has 0 saturated heterocycles. The van der Waals surface area contributed by atoms with E-state index in [4.69, 9.17) is 19.9 Å². The molecule has 2 aromatic rings. The SMILES string of the molecule is COc1ccc(Br)cc1COC(=O)COc1ccccc1C(N)=O. The van der Waals surface area contributed by atoms with E-state index >= 15 is 0 Å². The van der Waals surface area contributed by atoms with E-state index in [-0.39, 0.29) is 24.5 Å². The zero-order chi connectivity index (χ0) is 17.5. The van der Waals surface area contributed by atoms with Gasteiger partial charge >= 0.3 is 5.97 Å². The smallest absolute Gasteiger partial charge is 0.344 e. The fourth-order valence-electron chi connectivity index (χ4n) is 1.99. The lowest BCUT2D eigenvalue weighted by Crippen LogP contribution is -2.18. The number of halogens is 1. The Balaban J connectivity index is 1.93. The fraction of sp³-hybridized carbons (Fsp3) is 0.176. The van der Waals surface area contributed by atoms with Gasteiger partial charge in [-0.15, -0.1) is 0 Å².